The normalized spacial score (nSPS) is 25.1. The molecule has 1 aromatic heterocycles. The summed E-state index contributed by atoms with van der Waals surface area (Å²) in [4.78, 5) is 14.4. The van der Waals surface area contributed by atoms with Crippen LogP contribution in [0.3, 0.4) is 0 Å². The first-order chi connectivity index (χ1) is 6.58. The van der Waals surface area contributed by atoms with Crippen LogP contribution in [0.4, 0.5) is 8.78 Å². The number of hydrogen-bond acceptors (Lipinski definition) is 1. The van der Waals surface area contributed by atoms with E-state index in [4.69, 9.17) is 0 Å². The quantitative estimate of drug-likeness (QED) is 0.729. The predicted molar refractivity (Wildman–Crippen MR) is 47.4 cm³/mol. The highest BCUT2D eigenvalue weighted by molar-refractivity contribution is 5.96. The van der Waals surface area contributed by atoms with Crippen molar-refractivity contribution < 1.29 is 13.6 Å². The van der Waals surface area contributed by atoms with E-state index in [2.05, 4.69) is 4.98 Å². The van der Waals surface area contributed by atoms with Gasteiger partial charge in [-0.05, 0) is 18.6 Å². The molecular weight excluding hydrogens is 188 g/mol. The highest BCUT2D eigenvalue weighted by Gasteiger charge is 2.42. The molecular formula is C10H11F2NO. The maximum atomic E-state index is 12.8. The minimum atomic E-state index is -2.65. The summed E-state index contributed by atoms with van der Waals surface area (Å²) in [7, 11) is 0. The lowest BCUT2D eigenvalue weighted by Crippen LogP contribution is -2.15. The Labute approximate surface area is 80.3 Å². The number of carbonyl (C=O) groups excluding carboxylic acids is 1. The molecule has 0 radical (unpaired) electrons. The number of rotatable bonds is 2. The van der Waals surface area contributed by atoms with Crippen LogP contribution in [0.5, 0.6) is 0 Å². The van der Waals surface area contributed by atoms with Gasteiger partial charge in [0.15, 0.2) is 5.78 Å². The molecule has 0 aromatic carbocycles. The molecule has 1 unspecified atom stereocenters. The number of carbonyl (C=O) groups is 1. The largest absolute Gasteiger partial charge is 0.359 e. The Bertz CT molecular complexity index is 332. The first kappa shape index (κ1) is 9.37. The maximum absolute atomic E-state index is 12.8. The van der Waals surface area contributed by atoms with Crippen molar-refractivity contribution in [3.63, 3.8) is 0 Å². The molecule has 1 N–H and O–H groups in total. The van der Waals surface area contributed by atoms with Crippen molar-refractivity contribution in [2.24, 2.45) is 5.92 Å². The molecule has 0 aliphatic heterocycles. The van der Waals surface area contributed by atoms with Crippen LogP contribution >= 0.6 is 0 Å². The van der Waals surface area contributed by atoms with E-state index >= 15 is 0 Å². The highest BCUT2D eigenvalue weighted by atomic mass is 19.3. The average Bonchev–Trinajstić information content (AvgIpc) is 2.72. The molecule has 0 bridgehead atoms. The fourth-order valence-corrected chi connectivity index (χ4v) is 1.88. The molecule has 1 fully saturated rings. The number of H-pyrrole nitrogens is 1. The average molecular weight is 199 g/mol. The molecule has 2 rings (SSSR count). The second-order valence-corrected chi connectivity index (χ2v) is 3.74. The van der Waals surface area contributed by atoms with Crippen molar-refractivity contribution >= 4 is 5.78 Å². The van der Waals surface area contributed by atoms with Crippen molar-refractivity contribution in [3.05, 3.63) is 24.0 Å². The van der Waals surface area contributed by atoms with Gasteiger partial charge in [0.2, 0.25) is 5.92 Å². The van der Waals surface area contributed by atoms with Gasteiger partial charge < -0.3 is 4.98 Å². The minimum Gasteiger partial charge on any atom is -0.359 e. The van der Waals surface area contributed by atoms with Crippen LogP contribution in [0.1, 0.15) is 29.8 Å². The first-order valence-electron chi connectivity index (χ1n) is 4.64. The van der Waals surface area contributed by atoms with E-state index in [0.29, 0.717) is 12.1 Å². The lowest BCUT2D eigenvalue weighted by Gasteiger charge is -2.08. The summed E-state index contributed by atoms with van der Waals surface area (Å²) >= 11 is 0. The number of aromatic nitrogens is 1. The smallest absolute Gasteiger partial charge is 0.248 e. The molecule has 4 heteroatoms. The van der Waals surface area contributed by atoms with E-state index in [1.54, 1.807) is 18.3 Å². The van der Waals surface area contributed by atoms with Gasteiger partial charge >= 0.3 is 0 Å². The zero-order valence-corrected chi connectivity index (χ0v) is 7.59. The first-order valence-corrected chi connectivity index (χ1v) is 4.64. The summed E-state index contributed by atoms with van der Waals surface area (Å²) in [5, 5.41) is 0. The highest BCUT2D eigenvalue weighted by Crippen LogP contribution is 2.39. The minimum absolute atomic E-state index is 0.163. The zero-order chi connectivity index (χ0) is 10.2. The number of Topliss-reactive ketones (excluding diaryl/α,β-unsaturated/α-hetero) is 1. The van der Waals surface area contributed by atoms with Crippen molar-refractivity contribution in [3.8, 4) is 0 Å². The summed E-state index contributed by atoms with van der Waals surface area (Å²) in [5.74, 6) is -3.34. The van der Waals surface area contributed by atoms with E-state index in [1.807, 2.05) is 0 Å². The van der Waals surface area contributed by atoms with Gasteiger partial charge in [-0.2, -0.15) is 0 Å². The van der Waals surface area contributed by atoms with Crippen LogP contribution in [0.25, 0.3) is 0 Å². The molecule has 1 aliphatic carbocycles. The molecule has 1 saturated carbocycles. The standard InChI is InChI=1S/C10H11F2NO/c11-10(12)4-3-7(6-10)9(14)8-2-1-5-13-8/h1-2,5,7,13H,3-4,6H2. The molecule has 0 spiro atoms. The summed E-state index contributed by atoms with van der Waals surface area (Å²) in [6.07, 6.45) is 1.46. The van der Waals surface area contributed by atoms with E-state index in [1.165, 1.54) is 0 Å². The van der Waals surface area contributed by atoms with Gasteiger partial charge in [0.05, 0.1) is 5.69 Å². The van der Waals surface area contributed by atoms with Gasteiger partial charge in [-0.25, -0.2) is 8.78 Å². The Morgan fingerprint density at radius 1 is 1.57 bits per heavy atom. The lowest BCUT2D eigenvalue weighted by molar-refractivity contribution is 0.00528. The Morgan fingerprint density at radius 2 is 2.36 bits per heavy atom. The fraction of sp³-hybridized carbons (Fsp3) is 0.500. The number of aromatic amines is 1. The predicted octanol–water partition coefficient (Wildman–Crippen LogP) is 2.63. The SMILES string of the molecule is O=C(c1ccc[nH]1)C1CCC(F)(F)C1. The van der Waals surface area contributed by atoms with Gasteiger partial charge in [0.1, 0.15) is 0 Å². The second kappa shape index (κ2) is 3.19. The molecule has 1 atom stereocenters. The van der Waals surface area contributed by atoms with Gasteiger partial charge in [0.25, 0.3) is 0 Å². The number of nitrogens with one attached hydrogen (secondary N) is 1. The molecule has 0 amide bonds. The number of hydrogen-bond donors (Lipinski definition) is 1. The summed E-state index contributed by atoms with van der Waals surface area (Å²) < 4.78 is 25.7. The van der Waals surface area contributed by atoms with Crippen LogP contribution in [0, 0.1) is 5.92 Å². The van der Waals surface area contributed by atoms with Crippen LogP contribution < -0.4 is 0 Å². The summed E-state index contributed by atoms with van der Waals surface area (Å²) in [6, 6.07) is 3.32. The van der Waals surface area contributed by atoms with Crippen molar-refractivity contribution in [1.82, 2.24) is 4.98 Å². The zero-order valence-electron chi connectivity index (χ0n) is 7.59. The Hall–Kier alpha value is -1.19. The van der Waals surface area contributed by atoms with Crippen molar-refractivity contribution in [1.29, 1.82) is 0 Å². The van der Waals surface area contributed by atoms with Gasteiger partial charge in [-0.3, -0.25) is 4.79 Å². The molecule has 1 aromatic rings. The molecule has 2 nitrogen and oxygen atoms in total. The van der Waals surface area contributed by atoms with E-state index in [0.717, 1.165) is 0 Å². The third-order valence-corrected chi connectivity index (χ3v) is 2.64. The van der Waals surface area contributed by atoms with Crippen LogP contribution in [-0.4, -0.2) is 16.7 Å². The van der Waals surface area contributed by atoms with Crippen LogP contribution in [0.15, 0.2) is 18.3 Å². The Morgan fingerprint density at radius 3 is 2.86 bits per heavy atom. The number of halogens is 2. The summed E-state index contributed by atoms with van der Waals surface area (Å²) in [5.41, 5.74) is 0.438. The monoisotopic (exact) mass is 199 g/mol. The van der Waals surface area contributed by atoms with E-state index in [-0.39, 0.29) is 18.6 Å². The third kappa shape index (κ3) is 1.69. The maximum Gasteiger partial charge on any atom is 0.248 e. The molecule has 76 valence electrons. The van der Waals surface area contributed by atoms with Gasteiger partial charge in [-0.1, -0.05) is 0 Å². The van der Waals surface area contributed by atoms with Crippen LogP contribution in [0.2, 0.25) is 0 Å². The van der Waals surface area contributed by atoms with Gasteiger partial charge in [-0.15, -0.1) is 0 Å². The molecule has 14 heavy (non-hydrogen) atoms. The molecule has 1 aliphatic rings. The van der Waals surface area contributed by atoms with E-state index < -0.39 is 11.8 Å². The fourth-order valence-electron chi connectivity index (χ4n) is 1.88. The topological polar surface area (TPSA) is 32.9 Å². The molecule has 0 saturated heterocycles. The Balaban J connectivity index is 2.08. The third-order valence-electron chi connectivity index (χ3n) is 2.64. The summed E-state index contributed by atoms with van der Waals surface area (Å²) in [6.45, 7) is 0. The second-order valence-electron chi connectivity index (χ2n) is 3.74. The van der Waals surface area contributed by atoms with Crippen LogP contribution in [-0.2, 0) is 0 Å². The Kier molecular flexibility index (Phi) is 2.13. The lowest BCUT2D eigenvalue weighted by atomic mass is 10.0. The van der Waals surface area contributed by atoms with Crippen molar-refractivity contribution in [2.45, 2.75) is 25.2 Å². The van der Waals surface area contributed by atoms with E-state index in [9.17, 15) is 13.6 Å². The van der Waals surface area contributed by atoms with Crippen molar-refractivity contribution in [2.75, 3.05) is 0 Å². The number of alkyl halides is 2. The molecule has 1 heterocycles. The number of ketones is 1. The van der Waals surface area contributed by atoms with Gasteiger partial charge in [0, 0.05) is 25.0 Å².